The van der Waals surface area contributed by atoms with Crippen molar-refractivity contribution in [2.45, 2.75) is 70.4 Å². The smallest absolute Gasteiger partial charge is 0.0109 e. The van der Waals surface area contributed by atoms with E-state index in [0.717, 1.165) is 19.0 Å². The molecule has 0 saturated heterocycles. The molecule has 0 atom stereocenters. The zero-order chi connectivity index (χ0) is 11.3. The summed E-state index contributed by atoms with van der Waals surface area (Å²) in [5, 5.41) is 0. The molecule has 15 heavy (non-hydrogen) atoms. The number of hydrogen-bond donors (Lipinski definition) is 1. The Morgan fingerprint density at radius 3 is 2.13 bits per heavy atom. The van der Waals surface area contributed by atoms with Gasteiger partial charge in [0.25, 0.3) is 0 Å². The minimum absolute atomic E-state index is 0.0149. The summed E-state index contributed by atoms with van der Waals surface area (Å²) in [7, 11) is 2.27. The maximum atomic E-state index is 6.02. The first-order valence-corrected chi connectivity index (χ1v) is 6.48. The van der Waals surface area contributed by atoms with E-state index in [1.807, 2.05) is 0 Å². The van der Waals surface area contributed by atoms with Crippen molar-refractivity contribution in [2.75, 3.05) is 13.6 Å². The summed E-state index contributed by atoms with van der Waals surface area (Å²) in [5.41, 5.74) is 6.00. The number of nitrogens with zero attached hydrogens (tertiary/aromatic N) is 1. The first-order valence-electron chi connectivity index (χ1n) is 6.48. The summed E-state index contributed by atoms with van der Waals surface area (Å²) in [6.07, 6.45) is 9.59. The van der Waals surface area contributed by atoms with Gasteiger partial charge in [-0.25, -0.2) is 0 Å². The van der Waals surface area contributed by atoms with E-state index in [1.54, 1.807) is 0 Å². The molecule has 1 aliphatic carbocycles. The molecule has 0 aromatic rings. The van der Waals surface area contributed by atoms with Gasteiger partial charge in [0.2, 0.25) is 0 Å². The monoisotopic (exact) mass is 212 g/mol. The van der Waals surface area contributed by atoms with Gasteiger partial charge in [-0.05, 0) is 46.7 Å². The molecule has 2 heteroatoms. The van der Waals surface area contributed by atoms with Gasteiger partial charge in [0, 0.05) is 11.6 Å². The van der Waals surface area contributed by atoms with E-state index in [1.165, 1.54) is 38.5 Å². The molecule has 1 saturated carbocycles. The van der Waals surface area contributed by atoms with Crippen molar-refractivity contribution in [2.24, 2.45) is 5.73 Å². The molecule has 0 aliphatic heterocycles. The van der Waals surface area contributed by atoms with Gasteiger partial charge < -0.3 is 10.6 Å². The number of rotatable bonds is 4. The van der Waals surface area contributed by atoms with E-state index in [0.29, 0.717) is 0 Å². The SMILES string of the molecule is CN(CCC(C)(C)N)C1CCCCCC1. The minimum atomic E-state index is -0.0149. The summed E-state index contributed by atoms with van der Waals surface area (Å²) >= 11 is 0. The van der Waals surface area contributed by atoms with Gasteiger partial charge in [0.05, 0.1) is 0 Å². The van der Waals surface area contributed by atoms with E-state index in [2.05, 4.69) is 25.8 Å². The van der Waals surface area contributed by atoms with Gasteiger partial charge in [0.1, 0.15) is 0 Å². The average Bonchev–Trinajstić information content (AvgIpc) is 2.41. The molecule has 2 nitrogen and oxygen atoms in total. The summed E-state index contributed by atoms with van der Waals surface area (Å²) in [5.74, 6) is 0. The van der Waals surface area contributed by atoms with Crippen LogP contribution in [0.4, 0.5) is 0 Å². The Hall–Kier alpha value is -0.0800. The van der Waals surface area contributed by atoms with Gasteiger partial charge in [-0.1, -0.05) is 25.7 Å². The maximum absolute atomic E-state index is 6.02. The van der Waals surface area contributed by atoms with Crippen LogP contribution in [0.1, 0.15) is 58.8 Å². The van der Waals surface area contributed by atoms with Crippen LogP contribution in [0.5, 0.6) is 0 Å². The van der Waals surface area contributed by atoms with Crippen LogP contribution >= 0.6 is 0 Å². The van der Waals surface area contributed by atoms with Crippen molar-refractivity contribution < 1.29 is 0 Å². The minimum Gasteiger partial charge on any atom is -0.326 e. The van der Waals surface area contributed by atoms with Crippen LogP contribution in [0.15, 0.2) is 0 Å². The largest absolute Gasteiger partial charge is 0.326 e. The maximum Gasteiger partial charge on any atom is 0.0109 e. The van der Waals surface area contributed by atoms with Crippen molar-refractivity contribution in [3.05, 3.63) is 0 Å². The molecular weight excluding hydrogens is 184 g/mol. The summed E-state index contributed by atoms with van der Waals surface area (Å²) in [4.78, 5) is 2.53. The Kier molecular flexibility index (Phi) is 5.07. The van der Waals surface area contributed by atoms with Crippen LogP contribution in [0.3, 0.4) is 0 Å². The lowest BCUT2D eigenvalue weighted by molar-refractivity contribution is 0.204. The highest BCUT2D eigenvalue weighted by Crippen LogP contribution is 2.21. The van der Waals surface area contributed by atoms with Crippen molar-refractivity contribution in [1.29, 1.82) is 0 Å². The Labute approximate surface area is 95.2 Å². The molecule has 1 fully saturated rings. The molecule has 1 aliphatic rings. The van der Waals surface area contributed by atoms with Crippen molar-refractivity contribution >= 4 is 0 Å². The first kappa shape index (κ1) is 13.0. The van der Waals surface area contributed by atoms with Crippen molar-refractivity contribution in [1.82, 2.24) is 4.90 Å². The predicted molar refractivity (Wildman–Crippen MR) is 67.0 cm³/mol. The van der Waals surface area contributed by atoms with Crippen LogP contribution < -0.4 is 5.73 Å². The van der Waals surface area contributed by atoms with E-state index in [-0.39, 0.29) is 5.54 Å². The second kappa shape index (κ2) is 5.86. The van der Waals surface area contributed by atoms with Crippen molar-refractivity contribution in [3.8, 4) is 0 Å². The highest BCUT2D eigenvalue weighted by molar-refractivity contribution is 4.77. The van der Waals surface area contributed by atoms with Gasteiger partial charge in [-0.3, -0.25) is 0 Å². The molecular formula is C13H28N2. The normalized spacial score (nSPS) is 20.6. The average molecular weight is 212 g/mol. The lowest BCUT2D eigenvalue weighted by Crippen LogP contribution is -2.39. The summed E-state index contributed by atoms with van der Waals surface area (Å²) < 4.78 is 0. The quantitative estimate of drug-likeness (QED) is 0.726. The highest BCUT2D eigenvalue weighted by Gasteiger charge is 2.18. The van der Waals surface area contributed by atoms with Gasteiger partial charge >= 0.3 is 0 Å². The Bertz CT molecular complexity index is 164. The Morgan fingerprint density at radius 2 is 1.67 bits per heavy atom. The third kappa shape index (κ3) is 5.53. The third-order valence-electron chi connectivity index (χ3n) is 3.56. The molecule has 0 aromatic carbocycles. The summed E-state index contributed by atoms with van der Waals surface area (Å²) in [6.45, 7) is 5.38. The van der Waals surface area contributed by atoms with Gasteiger partial charge in [-0.15, -0.1) is 0 Å². The molecule has 0 bridgehead atoms. The third-order valence-corrected chi connectivity index (χ3v) is 3.56. The standard InChI is InChI=1S/C13H28N2/c1-13(2,14)10-11-15(3)12-8-6-4-5-7-9-12/h12H,4-11,14H2,1-3H3. The molecule has 0 spiro atoms. The van der Waals surface area contributed by atoms with Crippen LogP contribution in [-0.2, 0) is 0 Å². The molecule has 2 N–H and O–H groups in total. The van der Waals surface area contributed by atoms with Gasteiger partial charge in [-0.2, -0.15) is 0 Å². The highest BCUT2D eigenvalue weighted by atomic mass is 15.1. The second-order valence-electron chi connectivity index (χ2n) is 5.86. The van der Waals surface area contributed by atoms with E-state index < -0.39 is 0 Å². The molecule has 0 aromatic heterocycles. The molecule has 1 rings (SSSR count). The van der Waals surface area contributed by atoms with Gasteiger partial charge in [0.15, 0.2) is 0 Å². The fraction of sp³-hybridized carbons (Fsp3) is 1.00. The van der Waals surface area contributed by atoms with E-state index >= 15 is 0 Å². The molecule has 0 heterocycles. The number of nitrogens with two attached hydrogens (primary N) is 1. The zero-order valence-corrected chi connectivity index (χ0v) is 10.8. The van der Waals surface area contributed by atoms with Crippen LogP contribution in [0, 0.1) is 0 Å². The second-order valence-corrected chi connectivity index (χ2v) is 5.86. The van der Waals surface area contributed by atoms with Crippen LogP contribution in [0.25, 0.3) is 0 Å². The number of hydrogen-bond acceptors (Lipinski definition) is 2. The Balaban J connectivity index is 2.28. The molecule has 0 unspecified atom stereocenters. The van der Waals surface area contributed by atoms with E-state index in [9.17, 15) is 0 Å². The molecule has 0 radical (unpaired) electrons. The van der Waals surface area contributed by atoms with Crippen molar-refractivity contribution in [3.63, 3.8) is 0 Å². The lowest BCUT2D eigenvalue weighted by atomic mass is 10.0. The molecule has 90 valence electrons. The predicted octanol–water partition coefficient (Wildman–Crippen LogP) is 2.77. The zero-order valence-electron chi connectivity index (χ0n) is 10.8. The lowest BCUT2D eigenvalue weighted by Gasteiger charge is -2.30. The Morgan fingerprint density at radius 1 is 1.13 bits per heavy atom. The fourth-order valence-corrected chi connectivity index (χ4v) is 2.35. The van der Waals surface area contributed by atoms with E-state index in [4.69, 9.17) is 5.73 Å². The topological polar surface area (TPSA) is 29.3 Å². The van der Waals surface area contributed by atoms with Crippen LogP contribution in [-0.4, -0.2) is 30.1 Å². The fourth-order valence-electron chi connectivity index (χ4n) is 2.35. The molecule has 0 amide bonds. The van der Waals surface area contributed by atoms with Crippen LogP contribution in [0.2, 0.25) is 0 Å². The first-order chi connectivity index (χ1) is 6.99. The summed E-state index contributed by atoms with van der Waals surface area (Å²) in [6, 6.07) is 0.815.